The van der Waals surface area contributed by atoms with E-state index >= 15 is 0 Å². The van der Waals surface area contributed by atoms with E-state index in [1.165, 1.54) is 6.07 Å². The van der Waals surface area contributed by atoms with Gasteiger partial charge in [-0.1, -0.05) is 13.3 Å². The number of nitro groups is 1. The molecule has 3 rings (SSSR count). The smallest absolute Gasteiger partial charge is 0.278 e. The predicted octanol–water partition coefficient (Wildman–Crippen LogP) is 2.91. The van der Waals surface area contributed by atoms with Gasteiger partial charge in [0.05, 0.1) is 16.6 Å². The molecule has 2 heterocycles. The zero-order chi connectivity index (χ0) is 15.5. The van der Waals surface area contributed by atoms with Crippen molar-refractivity contribution in [3.8, 4) is 11.5 Å². The molecule has 0 spiro atoms. The number of fused-ring (bicyclic) bond motifs is 1. The molecular formula is C15H23Cl2N3O4. The van der Waals surface area contributed by atoms with Crippen LogP contribution in [0.5, 0.6) is 11.5 Å². The van der Waals surface area contributed by atoms with Crippen molar-refractivity contribution < 1.29 is 14.4 Å². The molecule has 2 aliphatic rings. The van der Waals surface area contributed by atoms with E-state index in [0.29, 0.717) is 11.5 Å². The summed E-state index contributed by atoms with van der Waals surface area (Å²) in [5.74, 6) is 1.07. The number of nitrogens with one attached hydrogen (secondary N) is 1. The number of rotatable bonds is 5. The van der Waals surface area contributed by atoms with E-state index in [2.05, 4.69) is 17.1 Å². The monoisotopic (exact) mass is 379 g/mol. The average molecular weight is 380 g/mol. The van der Waals surface area contributed by atoms with Gasteiger partial charge in [-0.3, -0.25) is 15.0 Å². The Labute approximate surface area is 153 Å². The Hall–Kier alpha value is -1.28. The second-order valence-electron chi connectivity index (χ2n) is 5.61. The van der Waals surface area contributed by atoms with Gasteiger partial charge in [-0.25, -0.2) is 0 Å². The van der Waals surface area contributed by atoms with Crippen molar-refractivity contribution in [3.05, 3.63) is 27.8 Å². The highest BCUT2D eigenvalue weighted by Gasteiger charge is 2.31. The van der Waals surface area contributed by atoms with Gasteiger partial charge in [-0.2, -0.15) is 0 Å². The van der Waals surface area contributed by atoms with E-state index in [1.54, 1.807) is 6.07 Å². The van der Waals surface area contributed by atoms with Crippen LogP contribution in [-0.2, 0) is 0 Å². The third-order valence-corrected chi connectivity index (χ3v) is 4.23. The lowest BCUT2D eigenvalue weighted by atomic mass is 9.97. The van der Waals surface area contributed by atoms with Crippen LogP contribution in [0.3, 0.4) is 0 Å². The zero-order valence-corrected chi connectivity index (χ0v) is 15.2. The van der Waals surface area contributed by atoms with Gasteiger partial charge in [0.25, 0.3) is 5.69 Å². The summed E-state index contributed by atoms with van der Waals surface area (Å²) in [7, 11) is 0. The molecule has 0 aliphatic carbocycles. The van der Waals surface area contributed by atoms with Crippen LogP contribution in [0, 0.1) is 10.1 Å². The van der Waals surface area contributed by atoms with Gasteiger partial charge in [-0.05, 0) is 12.5 Å². The van der Waals surface area contributed by atoms with Crippen molar-refractivity contribution >= 4 is 30.5 Å². The Morgan fingerprint density at radius 2 is 1.88 bits per heavy atom. The van der Waals surface area contributed by atoms with Crippen molar-refractivity contribution in [2.75, 3.05) is 33.0 Å². The maximum atomic E-state index is 11.5. The number of hydrogen-bond donors (Lipinski definition) is 1. The second-order valence-corrected chi connectivity index (χ2v) is 5.61. The van der Waals surface area contributed by atoms with Crippen LogP contribution in [0.25, 0.3) is 0 Å². The van der Waals surface area contributed by atoms with Crippen LogP contribution in [0.1, 0.15) is 31.4 Å². The van der Waals surface area contributed by atoms with E-state index in [9.17, 15) is 10.1 Å². The normalized spacial score (nSPS) is 17.5. The third kappa shape index (κ3) is 4.22. The first-order chi connectivity index (χ1) is 10.7. The average Bonchev–Trinajstić information content (AvgIpc) is 2.99. The van der Waals surface area contributed by atoms with Gasteiger partial charge in [-0.15, -0.1) is 24.8 Å². The lowest BCUT2D eigenvalue weighted by molar-refractivity contribution is -0.386. The van der Waals surface area contributed by atoms with Crippen LogP contribution in [0.2, 0.25) is 0 Å². The van der Waals surface area contributed by atoms with Crippen molar-refractivity contribution in [1.82, 2.24) is 10.2 Å². The molecule has 0 radical (unpaired) electrons. The van der Waals surface area contributed by atoms with E-state index in [4.69, 9.17) is 9.47 Å². The van der Waals surface area contributed by atoms with Crippen LogP contribution < -0.4 is 14.8 Å². The van der Waals surface area contributed by atoms with Crippen LogP contribution in [0.4, 0.5) is 5.69 Å². The molecular weight excluding hydrogens is 357 g/mol. The molecule has 0 bridgehead atoms. The van der Waals surface area contributed by atoms with Gasteiger partial charge in [0, 0.05) is 32.2 Å². The maximum Gasteiger partial charge on any atom is 0.278 e. The van der Waals surface area contributed by atoms with Gasteiger partial charge in [0.2, 0.25) is 6.79 Å². The van der Waals surface area contributed by atoms with Crippen LogP contribution in [-0.4, -0.2) is 42.8 Å². The molecule has 1 aromatic carbocycles. The van der Waals surface area contributed by atoms with Crippen LogP contribution >= 0.6 is 24.8 Å². The van der Waals surface area contributed by atoms with Gasteiger partial charge in [0.1, 0.15) is 0 Å². The lowest BCUT2D eigenvalue weighted by Gasteiger charge is -2.35. The maximum absolute atomic E-state index is 11.5. The topological polar surface area (TPSA) is 76.9 Å². The highest BCUT2D eigenvalue weighted by atomic mass is 35.5. The van der Waals surface area contributed by atoms with Crippen molar-refractivity contribution in [3.63, 3.8) is 0 Å². The summed E-state index contributed by atoms with van der Waals surface area (Å²) in [5.41, 5.74) is 0.860. The number of halogens is 2. The molecule has 9 heteroatoms. The predicted molar refractivity (Wildman–Crippen MR) is 95.8 cm³/mol. The highest BCUT2D eigenvalue weighted by Crippen LogP contribution is 2.42. The molecule has 7 nitrogen and oxygen atoms in total. The molecule has 1 aromatic rings. The van der Waals surface area contributed by atoms with Crippen molar-refractivity contribution in [2.24, 2.45) is 0 Å². The molecule has 0 amide bonds. The van der Waals surface area contributed by atoms with E-state index < -0.39 is 0 Å². The molecule has 1 N–H and O–H groups in total. The molecule has 136 valence electrons. The SMILES string of the molecule is CCC[C@H](c1cc2c(cc1[N+](=O)[O-])OCO2)N1CCNCC1.Cl.Cl. The summed E-state index contributed by atoms with van der Waals surface area (Å²) in [5, 5.41) is 14.8. The standard InChI is InChI=1S/C15H21N3O4.2ClH/c1-2-3-12(17-6-4-16-5-7-17)11-8-14-15(22-10-21-14)9-13(11)18(19)20;;/h8-9,12,16H,2-7,10H2,1H3;2*1H/t12-;;/m1../s1. The summed E-state index contributed by atoms with van der Waals surface area (Å²) in [6.07, 6.45) is 1.86. The molecule has 1 fully saturated rings. The Bertz CT molecular complexity index is 568. The fraction of sp³-hybridized carbons (Fsp3) is 0.600. The molecule has 1 atom stereocenters. The summed E-state index contributed by atoms with van der Waals surface area (Å²) >= 11 is 0. The van der Waals surface area contributed by atoms with E-state index in [-0.39, 0.29) is 48.3 Å². The molecule has 24 heavy (non-hydrogen) atoms. The van der Waals surface area contributed by atoms with Gasteiger partial charge >= 0.3 is 0 Å². The molecule has 2 aliphatic heterocycles. The van der Waals surface area contributed by atoms with E-state index in [1.807, 2.05) is 0 Å². The molecule has 1 saturated heterocycles. The number of benzene rings is 1. The highest BCUT2D eigenvalue weighted by molar-refractivity contribution is 5.85. The first-order valence-electron chi connectivity index (χ1n) is 7.73. The van der Waals surface area contributed by atoms with E-state index in [0.717, 1.165) is 44.6 Å². The summed E-state index contributed by atoms with van der Waals surface area (Å²) < 4.78 is 10.7. The third-order valence-electron chi connectivity index (χ3n) is 4.23. The molecule has 0 aromatic heterocycles. The quantitative estimate of drug-likeness (QED) is 0.625. The number of nitrogens with zero attached hydrogens (tertiary/aromatic N) is 2. The Morgan fingerprint density at radius 1 is 1.25 bits per heavy atom. The largest absolute Gasteiger partial charge is 0.454 e. The molecule has 0 saturated carbocycles. The first kappa shape index (κ1) is 20.8. The van der Waals surface area contributed by atoms with Gasteiger partial charge in [0.15, 0.2) is 11.5 Å². The summed E-state index contributed by atoms with van der Waals surface area (Å²) in [6, 6.07) is 3.34. The first-order valence-corrected chi connectivity index (χ1v) is 7.73. The summed E-state index contributed by atoms with van der Waals surface area (Å²) in [6.45, 7) is 5.86. The minimum Gasteiger partial charge on any atom is -0.454 e. The number of hydrogen-bond acceptors (Lipinski definition) is 6. The zero-order valence-electron chi connectivity index (χ0n) is 13.5. The van der Waals surface area contributed by atoms with Crippen LogP contribution in [0.15, 0.2) is 12.1 Å². The Morgan fingerprint density at radius 3 is 2.46 bits per heavy atom. The molecule has 0 unspecified atom stereocenters. The minimum atomic E-state index is -0.317. The number of nitro benzene ring substituents is 1. The lowest BCUT2D eigenvalue weighted by Crippen LogP contribution is -2.45. The second kappa shape index (κ2) is 9.27. The fourth-order valence-corrected chi connectivity index (χ4v) is 3.17. The Balaban J connectivity index is 0.00000144. The van der Waals surface area contributed by atoms with Gasteiger partial charge < -0.3 is 14.8 Å². The Kier molecular flexibility index (Phi) is 8.02. The minimum absolute atomic E-state index is 0. The van der Waals surface area contributed by atoms with Crippen molar-refractivity contribution in [2.45, 2.75) is 25.8 Å². The number of piperazine rings is 1. The number of ether oxygens (including phenoxy) is 2. The summed E-state index contributed by atoms with van der Waals surface area (Å²) in [4.78, 5) is 13.5. The fourth-order valence-electron chi connectivity index (χ4n) is 3.17. The van der Waals surface area contributed by atoms with Crippen molar-refractivity contribution in [1.29, 1.82) is 0 Å².